The van der Waals surface area contributed by atoms with Gasteiger partial charge in [0.25, 0.3) is 0 Å². The van der Waals surface area contributed by atoms with E-state index in [0.717, 1.165) is 28.1 Å². The lowest BCUT2D eigenvalue weighted by atomic mass is 10.1. The maximum Gasteiger partial charge on any atom is 0.235 e. The molecule has 0 aliphatic rings. The molecule has 1 amide bonds. The lowest BCUT2D eigenvalue weighted by molar-refractivity contribution is -0.118. The van der Waals surface area contributed by atoms with Crippen LogP contribution < -0.4 is 10.6 Å². The number of halogens is 1. The molecule has 0 saturated heterocycles. The average Bonchev–Trinajstić information content (AvgIpc) is 3.19. The van der Waals surface area contributed by atoms with E-state index in [-0.39, 0.29) is 11.8 Å². The number of anilines is 2. The van der Waals surface area contributed by atoms with Gasteiger partial charge < -0.3 is 10.6 Å². The van der Waals surface area contributed by atoms with Crippen LogP contribution in [0, 0.1) is 6.92 Å². The van der Waals surface area contributed by atoms with E-state index in [4.69, 9.17) is 11.6 Å². The minimum Gasteiger partial charge on any atom is -0.351 e. The molecule has 146 valence electrons. The van der Waals surface area contributed by atoms with Crippen LogP contribution in [-0.4, -0.2) is 31.5 Å². The zero-order valence-electron chi connectivity index (χ0n) is 16.1. The lowest BCUT2D eigenvalue weighted by Crippen LogP contribution is -2.23. The number of amides is 1. The lowest BCUT2D eigenvalue weighted by Gasteiger charge is -2.09. The Morgan fingerprint density at radius 3 is 2.61 bits per heavy atom. The zero-order valence-corrected chi connectivity index (χ0v) is 16.9. The molecular weight excluding hydrogens is 376 g/mol. The Kier molecular flexibility index (Phi) is 6.26. The number of benzene rings is 1. The number of alkyl halides is 1. The monoisotopic (exact) mass is 398 g/mol. The summed E-state index contributed by atoms with van der Waals surface area (Å²) in [4.78, 5) is 20.3. The molecule has 8 heteroatoms. The van der Waals surface area contributed by atoms with Gasteiger partial charge in [0.2, 0.25) is 11.9 Å². The van der Waals surface area contributed by atoms with Gasteiger partial charge in [-0.05, 0) is 44.0 Å². The van der Waals surface area contributed by atoms with Gasteiger partial charge in [-0.3, -0.25) is 9.48 Å². The van der Waals surface area contributed by atoms with Crippen molar-refractivity contribution in [2.24, 2.45) is 0 Å². The van der Waals surface area contributed by atoms with E-state index >= 15 is 0 Å². The molecule has 0 radical (unpaired) electrons. The van der Waals surface area contributed by atoms with Crippen LogP contribution in [0.4, 0.5) is 11.6 Å². The van der Waals surface area contributed by atoms with Gasteiger partial charge in [-0.15, -0.1) is 11.6 Å². The summed E-state index contributed by atoms with van der Waals surface area (Å²) in [7, 11) is 0. The van der Waals surface area contributed by atoms with Crippen LogP contribution in [0.3, 0.4) is 0 Å². The predicted molar refractivity (Wildman–Crippen MR) is 111 cm³/mol. The third-order valence-electron chi connectivity index (χ3n) is 4.20. The molecular formula is C20H23ClN6O. The molecule has 0 atom stereocenters. The number of nitrogens with zero attached hydrogens (tertiary/aromatic N) is 4. The third-order valence-corrected chi connectivity index (χ3v) is 4.44. The molecule has 28 heavy (non-hydrogen) atoms. The van der Waals surface area contributed by atoms with E-state index in [2.05, 4.69) is 39.5 Å². The average molecular weight is 399 g/mol. The first-order chi connectivity index (χ1) is 13.5. The van der Waals surface area contributed by atoms with Crippen LogP contribution in [0.15, 0.2) is 42.9 Å². The van der Waals surface area contributed by atoms with Gasteiger partial charge in [0.1, 0.15) is 5.88 Å². The molecule has 2 heterocycles. The van der Waals surface area contributed by atoms with Crippen molar-refractivity contribution in [3.8, 4) is 11.3 Å². The summed E-state index contributed by atoms with van der Waals surface area (Å²) < 4.78 is 1.91. The van der Waals surface area contributed by atoms with Gasteiger partial charge in [-0.25, -0.2) is 9.97 Å². The number of hydrogen-bond donors (Lipinski definition) is 2. The summed E-state index contributed by atoms with van der Waals surface area (Å²) >= 11 is 5.48. The molecule has 0 aliphatic heterocycles. The second kappa shape index (κ2) is 8.84. The van der Waals surface area contributed by atoms with Gasteiger partial charge in [-0.2, -0.15) is 5.10 Å². The second-order valence-electron chi connectivity index (χ2n) is 6.76. The second-order valence-corrected chi connectivity index (χ2v) is 7.03. The first-order valence-electron chi connectivity index (χ1n) is 9.03. The Hall–Kier alpha value is -2.93. The summed E-state index contributed by atoms with van der Waals surface area (Å²) in [5.74, 6) is 0.286. The van der Waals surface area contributed by atoms with Crippen LogP contribution in [0.25, 0.3) is 11.3 Å². The molecule has 2 N–H and O–H groups in total. The normalized spacial score (nSPS) is 10.9. The quantitative estimate of drug-likeness (QED) is 0.591. The standard InChI is InChI=1S/C20H23ClN6O/c1-13(2)27-12-16(11-24-27)19-14(3)9-23-20(26-19)25-17-6-4-15(5-7-17)10-22-18(28)8-21/h4-7,9,11-13H,8,10H2,1-3H3,(H,22,28)(H,23,25,26). The van der Waals surface area contributed by atoms with Crippen LogP contribution in [0.5, 0.6) is 0 Å². The summed E-state index contributed by atoms with van der Waals surface area (Å²) in [6.45, 7) is 6.59. The Labute approximate surface area is 169 Å². The Morgan fingerprint density at radius 2 is 1.96 bits per heavy atom. The molecule has 1 aromatic carbocycles. The smallest absolute Gasteiger partial charge is 0.235 e. The van der Waals surface area contributed by atoms with Gasteiger partial charge in [-0.1, -0.05) is 12.1 Å². The van der Waals surface area contributed by atoms with E-state index in [0.29, 0.717) is 18.5 Å². The van der Waals surface area contributed by atoms with Crippen molar-refractivity contribution in [3.63, 3.8) is 0 Å². The van der Waals surface area contributed by atoms with Crippen molar-refractivity contribution in [1.82, 2.24) is 25.1 Å². The highest BCUT2D eigenvalue weighted by Crippen LogP contribution is 2.23. The van der Waals surface area contributed by atoms with Crippen molar-refractivity contribution in [1.29, 1.82) is 0 Å². The van der Waals surface area contributed by atoms with Gasteiger partial charge in [0.15, 0.2) is 0 Å². The van der Waals surface area contributed by atoms with E-state index < -0.39 is 0 Å². The van der Waals surface area contributed by atoms with E-state index in [9.17, 15) is 4.79 Å². The maximum atomic E-state index is 11.2. The van der Waals surface area contributed by atoms with Crippen molar-refractivity contribution < 1.29 is 4.79 Å². The van der Waals surface area contributed by atoms with Crippen molar-refractivity contribution in [2.75, 3.05) is 11.2 Å². The molecule has 0 spiro atoms. The number of nitrogens with one attached hydrogen (secondary N) is 2. The van der Waals surface area contributed by atoms with E-state index in [1.165, 1.54) is 0 Å². The van der Waals surface area contributed by atoms with Crippen molar-refractivity contribution in [3.05, 3.63) is 54.0 Å². The number of rotatable bonds is 7. The van der Waals surface area contributed by atoms with Crippen LogP contribution in [0.2, 0.25) is 0 Å². The zero-order chi connectivity index (χ0) is 20.1. The summed E-state index contributed by atoms with van der Waals surface area (Å²) in [6, 6.07) is 7.99. The first kappa shape index (κ1) is 19.8. The molecule has 3 aromatic rings. The van der Waals surface area contributed by atoms with Gasteiger partial charge in [0, 0.05) is 36.2 Å². The third kappa shape index (κ3) is 4.86. The number of carbonyl (C=O) groups is 1. The Bertz CT molecular complexity index is 952. The molecule has 3 rings (SSSR count). The molecule has 7 nitrogen and oxygen atoms in total. The maximum absolute atomic E-state index is 11.2. The Balaban J connectivity index is 1.73. The molecule has 0 aliphatic carbocycles. The fraction of sp³-hybridized carbons (Fsp3) is 0.300. The molecule has 0 bridgehead atoms. The summed E-state index contributed by atoms with van der Waals surface area (Å²) in [5.41, 5.74) is 4.64. The molecule has 2 aromatic heterocycles. The van der Waals surface area contributed by atoms with E-state index in [1.54, 1.807) is 6.20 Å². The molecule has 0 unspecified atom stereocenters. The Morgan fingerprint density at radius 1 is 1.21 bits per heavy atom. The van der Waals surface area contributed by atoms with Gasteiger partial charge in [0.05, 0.1) is 11.9 Å². The van der Waals surface area contributed by atoms with Crippen LogP contribution in [-0.2, 0) is 11.3 Å². The molecule has 0 fully saturated rings. The van der Waals surface area contributed by atoms with Crippen LogP contribution >= 0.6 is 11.6 Å². The highest BCUT2D eigenvalue weighted by molar-refractivity contribution is 6.27. The summed E-state index contributed by atoms with van der Waals surface area (Å²) in [5, 5.41) is 10.3. The fourth-order valence-corrected chi connectivity index (χ4v) is 2.71. The minimum atomic E-state index is -0.190. The predicted octanol–water partition coefficient (Wildman–Crippen LogP) is 3.83. The molecule has 0 saturated carbocycles. The first-order valence-corrected chi connectivity index (χ1v) is 9.56. The highest BCUT2D eigenvalue weighted by Gasteiger charge is 2.10. The van der Waals surface area contributed by atoms with E-state index in [1.807, 2.05) is 48.3 Å². The van der Waals surface area contributed by atoms with Crippen LogP contribution in [0.1, 0.15) is 31.0 Å². The highest BCUT2D eigenvalue weighted by atomic mass is 35.5. The fourth-order valence-electron chi connectivity index (χ4n) is 2.62. The topological polar surface area (TPSA) is 84.7 Å². The number of aryl methyl sites for hydroxylation is 1. The minimum absolute atomic E-state index is 0.0389. The largest absolute Gasteiger partial charge is 0.351 e. The van der Waals surface area contributed by atoms with Gasteiger partial charge >= 0.3 is 0 Å². The summed E-state index contributed by atoms with van der Waals surface area (Å²) in [6.07, 6.45) is 5.62. The number of aromatic nitrogens is 4. The number of hydrogen-bond acceptors (Lipinski definition) is 5. The van der Waals surface area contributed by atoms with Crippen molar-refractivity contribution >= 4 is 29.1 Å². The van der Waals surface area contributed by atoms with Crippen molar-refractivity contribution in [2.45, 2.75) is 33.4 Å². The SMILES string of the molecule is Cc1cnc(Nc2ccc(CNC(=O)CCl)cc2)nc1-c1cnn(C(C)C)c1. The number of carbonyl (C=O) groups excluding carboxylic acids is 1.